The summed E-state index contributed by atoms with van der Waals surface area (Å²) in [6, 6.07) is 8.84. The van der Waals surface area contributed by atoms with Crippen LogP contribution in [-0.2, 0) is 16.1 Å². The van der Waals surface area contributed by atoms with Crippen molar-refractivity contribution in [3.8, 4) is 0 Å². The van der Waals surface area contributed by atoms with Crippen LogP contribution in [0.3, 0.4) is 0 Å². The van der Waals surface area contributed by atoms with E-state index >= 15 is 0 Å². The number of fused-ring (bicyclic) bond motifs is 1. The predicted molar refractivity (Wildman–Crippen MR) is 84.7 cm³/mol. The van der Waals surface area contributed by atoms with Crippen LogP contribution in [0.2, 0.25) is 0 Å². The summed E-state index contributed by atoms with van der Waals surface area (Å²) in [5, 5.41) is 16.9. The third-order valence-corrected chi connectivity index (χ3v) is 2.78. The first-order chi connectivity index (χ1) is 10.3. The van der Waals surface area contributed by atoms with Crippen LogP contribution in [0.5, 0.6) is 0 Å². The van der Waals surface area contributed by atoms with Crippen LogP contribution in [0.1, 0.15) is 12.5 Å². The Morgan fingerprint density at radius 2 is 1.82 bits per heavy atom. The van der Waals surface area contributed by atoms with E-state index in [1.807, 2.05) is 6.92 Å². The average Bonchev–Trinajstić information content (AvgIpc) is 2.78. The summed E-state index contributed by atoms with van der Waals surface area (Å²) < 4.78 is 2.21. The summed E-state index contributed by atoms with van der Waals surface area (Å²) in [6.45, 7) is 5.02. The number of benzene rings is 1. The van der Waals surface area contributed by atoms with Gasteiger partial charge in [0.2, 0.25) is 0 Å². The van der Waals surface area contributed by atoms with Gasteiger partial charge in [0.05, 0.1) is 0 Å². The minimum Gasteiger partial charge on any atom is -0.478 e. The number of rotatable bonds is 4. The fourth-order valence-corrected chi connectivity index (χ4v) is 1.93. The number of aliphatic carboxylic acids is 2. The first-order valence-electron chi connectivity index (χ1n) is 6.74. The second kappa shape index (κ2) is 7.99. The molecule has 1 aromatic heterocycles. The van der Waals surface area contributed by atoms with Gasteiger partial charge in [0, 0.05) is 36.5 Å². The molecule has 0 spiro atoms. The molecule has 0 aliphatic carbocycles. The van der Waals surface area contributed by atoms with E-state index in [-0.39, 0.29) is 6.04 Å². The molecule has 2 rings (SSSR count). The van der Waals surface area contributed by atoms with Crippen LogP contribution < -0.4 is 5.73 Å². The Kier molecular flexibility index (Phi) is 6.34. The van der Waals surface area contributed by atoms with Crippen LogP contribution in [-0.4, -0.2) is 32.8 Å². The maximum absolute atomic E-state index is 9.55. The summed E-state index contributed by atoms with van der Waals surface area (Å²) in [6.07, 6.45) is 3.22. The Balaban J connectivity index is 0.000000261. The SMILES string of the molecule is Cc1ccc2c(ccn2CC(C)N)c1.O=C(O)/C=C/C(=O)O. The maximum Gasteiger partial charge on any atom is 0.328 e. The van der Waals surface area contributed by atoms with Crippen molar-refractivity contribution >= 4 is 22.8 Å². The molecule has 0 fully saturated rings. The molecule has 0 saturated carbocycles. The minimum atomic E-state index is -1.26. The highest BCUT2D eigenvalue weighted by atomic mass is 16.4. The van der Waals surface area contributed by atoms with Gasteiger partial charge in [-0.1, -0.05) is 11.6 Å². The first-order valence-corrected chi connectivity index (χ1v) is 6.74. The molecule has 0 radical (unpaired) electrons. The van der Waals surface area contributed by atoms with Crippen molar-refractivity contribution in [2.75, 3.05) is 0 Å². The Hall–Kier alpha value is -2.60. The van der Waals surface area contributed by atoms with Gasteiger partial charge in [0.1, 0.15) is 0 Å². The van der Waals surface area contributed by atoms with Crippen molar-refractivity contribution in [3.05, 3.63) is 48.2 Å². The normalized spacial score (nSPS) is 12.0. The summed E-state index contributed by atoms with van der Waals surface area (Å²) in [4.78, 5) is 19.1. The molecule has 0 aliphatic rings. The van der Waals surface area contributed by atoms with Gasteiger partial charge in [-0.05, 0) is 37.4 Å². The third kappa shape index (κ3) is 5.80. The van der Waals surface area contributed by atoms with Crippen LogP contribution in [0.25, 0.3) is 10.9 Å². The van der Waals surface area contributed by atoms with Crippen LogP contribution in [0, 0.1) is 6.92 Å². The van der Waals surface area contributed by atoms with Crippen molar-refractivity contribution in [2.24, 2.45) is 5.73 Å². The number of aromatic nitrogens is 1. The molecule has 2 aromatic rings. The fraction of sp³-hybridized carbons (Fsp3) is 0.250. The predicted octanol–water partition coefficient (Wildman–Crippen LogP) is 2.01. The van der Waals surface area contributed by atoms with Gasteiger partial charge in [0.25, 0.3) is 0 Å². The number of hydrogen-bond acceptors (Lipinski definition) is 3. The number of carbonyl (C=O) groups is 2. The monoisotopic (exact) mass is 304 g/mol. The zero-order chi connectivity index (χ0) is 16.7. The highest BCUT2D eigenvalue weighted by molar-refractivity contribution is 5.89. The van der Waals surface area contributed by atoms with E-state index in [4.69, 9.17) is 15.9 Å². The van der Waals surface area contributed by atoms with Gasteiger partial charge in [-0.25, -0.2) is 9.59 Å². The second-order valence-electron chi connectivity index (χ2n) is 5.02. The van der Waals surface area contributed by atoms with Crippen molar-refractivity contribution in [1.29, 1.82) is 0 Å². The highest BCUT2D eigenvalue weighted by Gasteiger charge is 2.02. The van der Waals surface area contributed by atoms with Gasteiger partial charge in [-0.3, -0.25) is 0 Å². The topological polar surface area (TPSA) is 106 Å². The van der Waals surface area contributed by atoms with Gasteiger partial charge >= 0.3 is 11.9 Å². The van der Waals surface area contributed by atoms with Crippen molar-refractivity contribution < 1.29 is 19.8 Å². The van der Waals surface area contributed by atoms with Crippen LogP contribution >= 0.6 is 0 Å². The number of nitrogens with two attached hydrogens (primary N) is 1. The fourth-order valence-electron chi connectivity index (χ4n) is 1.93. The average molecular weight is 304 g/mol. The molecule has 6 heteroatoms. The summed E-state index contributed by atoms with van der Waals surface area (Å²) in [7, 11) is 0. The first kappa shape index (κ1) is 17.5. The zero-order valence-electron chi connectivity index (χ0n) is 12.6. The van der Waals surface area contributed by atoms with E-state index in [1.54, 1.807) is 0 Å². The van der Waals surface area contributed by atoms with E-state index < -0.39 is 11.9 Å². The summed E-state index contributed by atoms with van der Waals surface area (Å²) in [5.74, 6) is -2.51. The van der Waals surface area contributed by atoms with E-state index in [9.17, 15) is 9.59 Å². The maximum atomic E-state index is 9.55. The molecule has 1 unspecified atom stereocenters. The van der Waals surface area contributed by atoms with Gasteiger partial charge in [0.15, 0.2) is 0 Å². The number of carboxylic acid groups (broad SMARTS) is 2. The summed E-state index contributed by atoms with van der Waals surface area (Å²) >= 11 is 0. The lowest BCUT2D eigenvalue weighted by molar-refractivity contribution is -0.134. The lowest BCUT2D eigenvalue weighted by Gasteiger charge is -2.08. The Labute approximate surface area is 128 Å². The molecule has 4 N–H and O–H groups in total. The molecule has 22 heavy (non-hydrogen) atoms. The van der Waals surface area contributed by atoms with Gasteiger partial charge < -0.3 is 20.5 Å². The van der Waals surface area contributed by atoms with Crippen molar-refractivity contribution in [1.82, 2.24) is 4.57 Å². The molecule has 1 heterocycles. The van der Waals surface area contributed by atoms with Crippen molar-refractivity contribution in [3.63, 3.8) is 0 Å². The van der Waals surface area contributed by atoms with Gasteiger partial charge in [-0.2, -0.15) is 0 Å². The number of nitrogens with zero attached hydrogens (tertiary/aromatic N) is 1. The molecule has 1 atom stereocenters. The quantitative estimate of drug-likeness (QED) is 0.749. The third-order valence-electron chi connectivity index (χ3n) is 2.78. The lowest BCUT2D eigenvalue weighted by atomic mass is 10.2. The van der Waals surface area contributed by atoms with E-state index in [0.29, 0.717) is 12.2 Å². The Morgan fingerprint density at radius 3 is 2.32 bits per heavy atom. The molecule has 6 nitrogen and oxygen atoms in total. The lowest BCUT2D eigenvalue weighted by Crippen LogP contribution is -2.21. The molecule has 118 valence electrons. The van der Waals surface area contributed by atoms with E-state index in [1.165, 1.54) is 16.5 Å². The van der Waals surface area contributed by atoms with Crippen LogP contribution in [0.15, 0.2) is 42.6 Å². The molecule has 0 aliphatic heterocycles. The van der Waals surface area contributed by atoms with E-state index in [0.717, 1.165) is 6.54 Å². The largest absolute Gasteiger partial charge is 0.478 e. The number of hydrogen-bond donors (Lipinski definition) is 3. The standard InChI is InChI=1S/C12H16N2.C4H4O4/c1-9-3-4-12-11(7-9)5-6-14(12)8-10(2)13;5-3(6)1-2-4(7)8/h3-7,10H,8,13H2,1-2H3;1-2H,(H,5,6)(H,7,8)/b;2-1+. The molecule has 0 saturated heterocycles. The summed E-state index contributed by atoms with van der Waals surface area (Å²) in [5.41, 5.74) is 8.36. The van der Waals surface area contributed by atoms with E-state index in [2.05, 4.69) is 42.0 Å². The Bertz CT molecular complexity index is 671. The molecular weight excluding hydrogens is 284 g/mol. The molecule has 0 bridgehead atoms. The number of carboxylic acids is 2. The zero-order valence-corrected chi connectivity index (χ0v) is 12.6. The Morgan fingerprint density at radius 1 is 1.23 bits per heavy atom. The van der Waals surface area contributed by atoms with Gasteiger partial charge in [-0.15, -0.1) is 0 Å². The number of aryl methyl sites for hydroxylation is 1. The molecule has 1 aromatic carbocycles. The highest BCUT2D eigenvalue weighted by Crippen LogP contribution is 2.17. The van der Waals surface area contributed by atoms with Crippen molar-refractivity contribution in [2.45, 2.75) is 26.4 Å². The second-order valence-corrected chi connectivity index (χ2v) is 5.02. The molecule has 0 amide bonds. The molecular formula is C16H20N2O4. The minimum absolute atomic E-state index is 0.201. The smallest absolute Gasteiger partial charge is 0.328 e. The van der Waals surface area contributed by atoms with Crippen LogP contribution in [0.4, 0.5) is 0 Å².